The number of aromatic nitrogens is 4. The molecular weight excluding hydrogens is 356 g/mol. The fourth-order valence-electron chi connectivity index (χ4n) is 3.17. The number of hydrogen-bond acceptors (Lipinski definition) is 7. The first-order chi connectivity index (χ1) is 13.8. The van der Waals surface area contributed by atoms with E-state index in [-0.39, 0.29) is 5.91 Å². The van der Waals surface area contributed by atoms with Crippen LogP contribution in [0.3, 0.4) is 0 Å². The summed E-state index contributed by atoms with van der Waals surface area (Å²) in [6, 6.07) is 13.0. The van der Waals surface area contributed by atoms with Crippen LogP contribution in [0.2, 0.25) is 0 Å². The van der Waals surface area contributed by atoms with E-state index >= 15 is 0 Å². The predicted octanol–water partition coefficient (Wildman–Crippen LogP) is 1.90. The van der Waals surface area contributed by atoms with Crippen LogP contribution in [0.25, 0.3) is 11.4 Å². The van der Waals surface area contributed by atoms with Crippen molar-refractivity contribution in [1.29, 1.82) is 0 Å². The van der Waals surface area contributed by atoms with Crippen molar-refractivity contribution in [2.45, 2.75) is 0 Å². The van der Waals surface area contributed by atoms with E-state index in [4.69, 9.17) is 4.74 Å². The maximum Gasteiger partial charge on any atom is 0.259 e. The zero-order valence-electron chi connectivity index (χ0n) is 15.5. The molecule has 1 aliphatic rings. The quantitative estimate of drug-likeness (QED) is 0.688. The monoisotopic (exact) mass is 376 g/mol. The van der Waals surface area contributed by atoms with E-state index in [1.807, 2.05) is 35.2 Å². The molecule has 1 fully saturated rings. The van der Waals surface area contributed by atoms with Crippen LogP contribution in [-0.4, -0.2) is 64.3 Å². The smallest absolute Gasteiger partial charge is 0.259 e. The lowest BCUT2D eigenvalue weighted by Gasteiger charge is -2.35. The normalized spacial score (nSPS) is 14.0. The van der Waals surface area contributed by atoms with E-state index in [1.54, 1.807) is 24.5 Å². The molecule has 0 unspecified atom stereocenters. The molecule has 3 aromatic rings. The maximum absolute atomic E-state index is 12.8. The number of hydrogen-bond donors (Lipinski definition) is 0. The van der Waals surface area contributed by atoms with Gasteiger partial charge in [-0.1, -0.05) is 6.07 Å². The average molecular weight is 376 g/mol. The first kappa shape index (κ1) is 17.8. The summed E-state index contributed by atoms with van der Waals surface area (Å²) < 4.78 is 5.20. The van der Waals surface area contributed by atoms with Crippen molar-refractivity contribution in [1.82, 2.24) is 25.1 Å². The van der Waals surface area contributed by atoms with Gasteiger partial charge in [-0.25, -0.2) is 4.98 Å². The van der Waals surface area contributed by atoms with Gasteiger partial charge in [0.05, 0.1) is 12.8 Å². The molecule has 0 spiro atoms. The van der Waals surface area contributed by atoms with Gasteiger partial charge in [-0.2, -0.15) is 0 Å². The number of amides is 1. The number of methoxy groups -OCH3 is 1. The van der Waals surface area contributed by atoms with Crippen LogP contribution >= 0.6 is 0 Å². The fraction of sp³-hybridized carbons (Fsp3) is 0.250. The van der Waals surface area contributed by atoms with Crippen molar-refractivity contribution in [2.75, 3.05) is 38.2 Å². The number of carbonyl (C=O) groups is 1. The Morgan fingerprint density at radius 3 is 2.39 bits per heavy atom. The average Bonchev–Trinajstić information content (AvgIpc) is 2.79. The van der Waals surface area contributed by atoms with Gasteiger partial charge in [0.1, 0.15) is 11.3 Å². The number of pyridine rings is 2. The SMILES string of the molecule is COc1ncccc1C(=O)N1CCN(c2ccc(-c3ccccn3)nn2)CC1. The Hall–Kier alpha value is -3.55. The van der Waals surface area contributed by atoms with Crippen molar-refractivity contribution in [3.63, 3.8) is 0 Å². The summed E-state index contributed by atoms with van der Waals surface area (Å²) in [7, 11) is 1.52. The van der Waals surface area contributed by atoms with Crippen molar-refractivity contribution < 1.29 is 9.53 Å². The van der Waals surface area contributed by atoms with E-state index in [0.717, 1.165) is 17.2 Å². The second-order valence-electron chi connectivity index (χ2n) is 6.33. The molecule has 0 aliphatic carbocycles. The number of carbonyl (C=O) groups excluding carboxylic acids is 1. The van der Waals surface area contributed by atoms with Gasteiger partial charge in [-0.15, -0.1) is 10.2 Å². The van der Waals surface area contributed by atoms with Crippen LogP contribution in [-0.2, 0) is 0 Å². The molecule has 0 radical (unpaired) electrons. The van der Waals surface area contributed by atoms with Crippen molar-refractivity contribution in [3.8, 4) is 17.3 Å². The third kappa shape index (κ3) is 3.62. The highest BCUT2D eigenvalue weighted by atomic mass is 16.5. The standard InChI is InChI=1S/C20H20N6O2/c1-28-19-15(5-4-10-22-19)20(27)26-13-11-25(12-14-26)18-8-7-17(23-24-18)16-6-2-3-9-21-16/h2-10H,11-14H2,1H3. The van der Waals surface area contributed by atoms with Gasteiger partial charge in [0.25, 0.3) is 5.91 Å². The molecule has 1 aliphatic heterocycles. The van der Waals surface area contributed by atoms with Gasteiger partial charge in [0.2, 0.25) is 5.88 Å². The molecule has 0 aromatic carbocycles. The molecule has 1 saturated heterocycles. The second kappa shape index (κ2) is 7.99. The topological polar surface area (TPSA) is 84.3 Å². The van der Waals surface area contributed by atoms with Gasteiger partial charge < -0.3 is 14.5 Å². The first-order valence-corrected chi connectivity index (χ1v) is 9.04. The summed E-state index contributed by atoms with van der Waals surface area (Å²) in [5.74, 6) is 1.08. The second-order valence-corrected chi connectivity index (χ2v) is 6.33. The molecule has 3 aromatic heterocycles. The summed E-state index contributed by atoms with van der Waals surface area (Å²) in [5.41, 5.74) is 2.02. The largest absolute Gasteiger partial charge is 0.480 e. The van der Waals surface area contributed by atoms with Crippen molar-refractivity contribution in [2.24, 2.45) is 0 Å². The summed E-state index contributed by atoms with van der Waals surface area (Å²) >= 11 is 0. The minimum absolute atomic E-state index is 0.0683. The third-order valence-electron chi connectivity index (χ3n) is 4.66. The van der Waals surface area contributed by atoms with E-state index in [9.17, 15) is 4.79 Å². The van der Waals surface area contributed by atoms with Crippen LogP contribution in [0.5, 0.6) is 5.88 Å². The summed E-state index contributed by atoms with van der Waals surface area (Å²) in [5, 5.41) is 8.63. The zero-order valence-corrected chi connectivity index (χ0v) is 15.5. The summed E-state index contributed by atoms with van der Waals surface area (Å²) in [6.45, 7) is 2.57. The molecule has 142 valence electrons. The number of nitrogens with zero attached hydrogens (tertiary/aromatic N) is 6. The number of piperazine rings is 1. The Morgan fingerprint density at radius 2 is 1.71 bits per heavy atom. The Bertz CT molecular complexity index is 940. The molecule has 4 rings (SSSR count). The predicted molar refractivity (Wildman–Crippen MR) is 104 cm³/mol. The molecule has 28 heavy (non-hydrogen) atoms. The Morgan fingerprint density at radius 1 is 0.893 bits per heavy atom. The first-order valence-electron chi connectivity index (χ1n) is 9.04. The van der Waals surface area contributed by atoms with Gasteiger partial charge in [-0.3, -0.25) is 9.78 Å². The molecule has 0 atom stereocenters. The van der Waals surface area contributed by atoms with E-state index in [0.29, 0.717) is 37.6 Å². The maximum atomic E-state index is 12.8. The van der Waals surface area contributed by atoms with E-state index in [2.05, 4.69) is 25.1 Å². The third-order valence-corrected chi connectivity index (χ3v) is 4.66. The minimum atomic E-state index is -0.0683. The lowest BCUT2D eigenvalue weighted by Crippen LogP contribution is -2.49. The number of rotatable bonds is 4. The molecule has 0 bridgehead atoms. The Kier molecular flexibility index (Phi) is 5.09. The number of anilines is 1. The lowest BCUT2D eigenvalue weighted by atomic mass is 10.2. The van der Waals surface area contributed by atoms with Crippen LogP contribution in [0.1, 0.15) is 10.4 Å². The highest BCUT2D eigenvalue weighted by Crippen LogP contribution is 2.20. The van der Waals surface area contributed by atoms with Crippen LogP contribution < -0.4 is 9.64 Å². The molecule has 0 N–H and O–H groups in total. The highest BCUT2D eigenvalue weighted by Gasteiger charge is 2.25. The molecule has 8 nitrogen and oxygen atoms in total. The molecule has 4 heterocycles. The van der Waals surface area contributed by atoms with E-state index in [1.165, 1.54) is 7.11 Å². The molecule has 0 saturated carbocycles. The van der Waals surface area contributed by atoms with Crippen LogP contribution in [0.15, 0.2) is 54.9 Å². The zero-order chi connectivity index (χ0) is 19.3. The molecule has 1 amide bonds. The highest BCUT2D eigenvalue weighted by molar-refractivity contribution is 5.96. The van der Waals surface area contributed by atoms with Crippen LogP contribution in [0, 0.1) is 0 Å². The summed E-state index contributed by atoms with van der Waals surface area (Å²) in [4.78, 5) is 25.1. The van der Waals surface area contributed by atoms with Crippen molar-refractivity contribution in [3.05, 3.63) is 60.4 Å². The fourth-order valence-corrected chi connectivity index (χ4v) is 3.17. The van der Waals surface area contributed by atoms with Gasteiger partial charge in [0, 0.05) is 38.6 Å². The molecule has 8 heteroatoms. The van der Waals surface area contributed by atoms with Gasteiger partial charge in [-0.05, 0) is 36.4 Å². The Labute approximate surface area is 162 Å². The molecular formula is C20H20N6O2. The van der Waals surface area contributed by atoms with Crippen LogP contribution in [0.4, 0.5) is 5.82 Å². The van der Waals surface area contributed by atoms with Crippen molar-refractivity contribution >= 4 is 11.7 Å². The van der Waals surface area contributed by atoms with Gasteiger partial charge >= 0.3 is 0 Å². The Balaban J connectivity index is 1.41. The minimum Gasteiger partial charge on any atom is -0.480 e. The van der Waals surface area contributed by atoms with Gasteiger partial charge in [0.15, 0.2) is 5.82 Å². The van der Waals surface area contributed by atoms with E-state index < -0.39 is 0 Å². The lowest BCUT2D eigenvalue weighted by molar-refractivity contribution is 0.0742. The number of ether oxygens (including phenoxy) is 1. The summed E-state index contributed by atoms with van der Waals surface area (Å²) in [6.07, 6.45) is 3.35.